The zero-order valence-corrected chi connectivity index (χ0v) is 12.0. The Kier molecular flexibility index (Phi) is 4.43. The highest BCUT2D eigenvalue weighted by molar-refractivity contribution is 9.10. The van der Waals surface area contributed by atoms with E-state index in [9.17, 15) is 0 Å². The van der Waals surface area contributed by atoms with Gasteiger partial charge in [-0.05, 0) is 47.9 Å². The highest BCUT2D eigenvalue weighted by atomic mass is 79.9. The van der Waals surface area contributed by atoms with Crippen molar-refractivity contribution in [3.63, 3.8) is 0 Å². The molecule has 0 N–H and O–H groups in total. The average Bonchev–Trinajstić information content (AvgIpc) is 2.29. The first-order valence-corrected chi connectivity index (χ1v) is 6.75. The number of hydrogen-bond acceptors (Lipinski definition) is 1. The predicted molar refractivity (Wildman–Crippen MR) is 75.7 cm³/mol. The molecule has 0 fully saturated rings. The summed E-state index contributed by atoms with van der Waals surface area (Å²) in [5.41, 5.74) is 2.18. The van der Waals surface area contributed by atoms with Crippen molar-refractivity contribution >= 4 is 39.1 Å². The zero-order valence-electron chi connectivity index (χ0n) is 8.91. The molecule has 0 saturated heterocycles. The fraction of sp³-hybridized carbons (Fsp3) is 0.154. The number of benzene rings is 1. The Balaban J connectivity index is 2.17. The second kappa shape index (κ2) is 5.85. The summed E-state index contributed by atoms with van der Waals surface area (Å²) in [6, 6.07) is 9.67. The van der Waals surface area contributed by atoms with Crippen molar-refractivity contribution in [2.75, 3.05) is 0 Å². The minimum absolute atomic E-state index is 0.0904. The van der Waals surface area contributed by atoms with E-state index in [-0.39, 0.29) is 5.38 Å². The minimum Gasteiger partial charge on any atom is -0.265 e. The maximum atomic E-state index is 6.38. The largest absolute Gasteiger partial charge is 0.265 e. The Morgan fingerprint density at radius 1 is 1.18 bits per heavy atom. The van der Waals surface area contributed by atoms with Crippen LogP contribution in [0.25, 0.3) is 0 Å². The first-order chi connectivity index (χ1) is 8.15. The van der Waals surface area contributed by atoms with Crippen molar-refractivity contribution in [2.45, 2.75) is 11.8 Å². The zero-order chi connectivity index (χ0) is 12.3. The highest BCUT2D eigenvalue weighted by Gasteiger charge is 2.10. The van der Waals surface area contributed by atoms with E-state index in [1.165, 1.54) is 0 Å². The lowest BCUT2D eigenvalue weighted by Gasteiger charge is -2.10. The van der Waals surface area contributed by atoms with Gasteiger partial charge in [-0.3, -0.25) is 4.98 Å². The smallest absolute Gasteiger partial charge is 0.0626 e. The molecule has 17 heavy (non-hydrogen) atoms. The van der Waals surface area contributed by atoms with Crippen molar-refractivity contribution in [1.29, 1.82) is 0 Å². The molecule has 0 aliphatic heterocycles. The van der Waals surface area contributed by atoms with Crippen molar-refractivity contribution in [2.24, 2.45) is 0 Å². The van der Waals surface area contributed by atoms with Gasteiger partial charge in [-0.1, -0.05) is 27.5 Å². The van der Waals surface area contributed by atoms with E-state index in [2.05, 4.69) is 20.9 Å². The van der Waals surface area contributed by atoms with Crippen molar-refractivity contribution in [3.8, 4) is 0 Å². The molecule has 0 spiro atoms. The third-order valence-corrected chi connectivity index (χ3v) is 3.49. The SMILES string of the molecule is Clc1cc(Br)cc(C(Cl)Cc2ccncc2)c1. The second-order valence-electron chi connectivity index (χ2n) is 3.73. The normalized spacial score (nSPS) is 12.4. The van der Waals surface area contributed by atoms with Gasteiger partial charge in [0.05, 0.1) is 5.38 Å². The summed E-state index contributed by atoms with van der Waals surface area (Å²) in [7, 11) is 0. The monoisotopic (exact) mass is 329 g/mol. The molecule has 1 unspecified atom stereocenters. The first-order valence-electron chi connectivity index (χ1n) is 5.14. The van der Waals surface area contributed by atoms with Crippen molar-refractivity contribution < 1.29 is 0 Å². The molecule has 2 aromatic rings. The van der Waals surface area contributed by atoms with E-state index in [0.717, 1.165) is 22.0 Å². The molecule has 4 heteroatoms. The maximum absolute atomic E-state index is 6.38. The fourth-order valence-electron chi connectivity index (χ4n) is 1.60. The molecule has 0 aliphatic rings. The lowest BCUT2D eigenvalue weighted by molar-refractivity contribution is 0.915. The summed E-state index contributed by atoms with van der Waals surface area (Å²) in [6.45, 7) is 0. The fourth-order valence-corrected chi connectivity index (χ4v) is 2.79. The van der Waals surface area contributed by atoms with Crippen LogP contribution >= 0.6 is 39.1 Å². The van der Waals surface area contributed by atoms with E-state index in [1.54, 1.807) is 12.4 Å². The quantitative estimate of drug-likeness (QED) is 0.720. The standard InChI is InChI=1S/C13H10BrCl2N/c14-11-6-10(7-12(15)8-11)13(16)5-9-1-3-17-4-2-9/h1-4,6-8,13H,5H2. The van der Waals surface area contributed by atoms with Crippen LogP contribution in [-0.2, 0) is 6.42 Å². The molecule has 1 heterocycles. The van der Waals surface area contributed by atoms with Gasteiger partial charge in [0.2, 0.25) is 0 Å². The third kappa shape index (κ3) is 3.70. The van der Waals surface area contributed by atoms with Gasteiger partial charge >= 0.3 is 0 Å². The van der Waals surface area contributed by atoms with Gasteiger partial charge in [-0.25, -0.2) is 0 Å². The van der Waals surface area contributed by atoms with E-state index in [0.29, 0.717) is 5.02 Å². The maximum Gasteiger partial charge on any atom is 0.0626 e. The lowest BCUT2D eigenvalue weighted by Crippen LogP contribution is -1.96. The lowest BCUT2D eigenvalue weighted by atomic mass is 10.1. The van der Waals surface area contributed by atoms with Gasteiger partial charge in [-0.2, -0.15) is 0 Å². The summed E-state index contributed by atoms with van der Waals surface area (Å²) in [5, 5.41) is 0.599. The van der Waals surface area contributed by atoms with Crippen molar-refractivity contribution in [1.82, 2.24) is 4.98 Å². The summed E-state index contributed by atoms with van der Waals surface area (Å²) in [4.78, 5) is 3.98. The van der Waals surface area contributed by atoms with Gasteiger partial charge in [0, 0.05) is 21.9 Å². The molecular formula is C13H10BrCl2N. The Morgan fingerprint density at radius 3 is 2.53 bits per heavy atom. The number of pyridine rings is 1. The molecule has 1 atom stereocenters. The van der Waals surface area contributed by atoms with Gasteiger partial charge < -0.3 is 0 Å². The number of halogens is 3. The molecule has 0 amide bonds. The average molecular weight is 331 g/mol. The van der Waals surface area contributed by atoms with E-state index >= 15 is 0 Å². The number of rotatable bonds is 3. The summed E-state index contributed by atoms with van der Waals surface area (Å²) < 4.78 is 0.945. The minimum atomic E-state index is -0.0904. The van der Waals surface area contributed by atoms with Crippen LogP contribution in [0.1, 0.15) is 16.5 Å². The predicted octanol–water partition coefficient (Wildman–Crippen LogP) is 5.02. The molecule has 0 radical (unpaired) electrons. The molecule has 0 aliphatic carbocycles. The van der Waals surface area contributed by atoms with E-state index in [4.69, 9.17) is 23.2 Å². The Labute approximate surface area is 119 Å². The number of aromatic nitrogens is 1. The Morgan fingerprint density at radius 2 is 1.88 bits per heavy atom. The van der Waals surface area contributed by atoms with Crippen LogP contribution in [0.15, 0.2) is 47.2 Å². The van der Waals surface area contributed by atoms with E-state index in [1.807, 2.05) is 30.3 Å². The Hall–Kier alpha value is -0.570. The van der Waals surface area contributed by atoms with Crippen LogP contribution in [-0.4, -0.2) is 4.98 Å². The highest BCUT2D eigenvalue weighted by Crippen LogP contribution is 2.29. The van der Waals surface area contributed by atoms with Crippen LogP contribution in [0.3, 0.4) is 0 Å². The summed E-state index contributed by atoms with van der Waals surface area (Å²) >= 11 is 15.8. The molecule has 2 rings (SSSR count). The summed E-state index contributed by atoms with van der Waals surface area (Å²) in [5.74, 6) is 0. The Bertz CT molecular complexity index is 482. The molecular weight excluding hydrogens is 321 g/mol. The molecule has 1 aromatic carbocycles. The third-order valence-electron chi connectivity index (χ3n) is 2.41. The van der Waals surface area contributed by atoms with Crippen LogP contribution in [0, 0.1) is 0 Å². The number of hydrogen-bond donors (Lipinski definition) is 0. The molecule has 0 bridgehead atoms. The molecule has 1 aromatic heterocycles. The van der Waals surface area contributed by atoms with Gasteiger partial charge in [0.15, 0.2) is 0 Å². The van der Waals surface area contributed by atoms with Gasteiger partial charge in [-0.15, -0.1) is 11.6 Å². The van der Waals surface area contributed by atoms with Crippen LogP contribution in [0.5, 0.6) is 0 Å². The van der Waals surface area contributed by atoms with Crippen LogP contribution < -0.4 is 0 Å². The second-order valence-corrected chi connectivity index (χ2v) is 5.61. The molecule has 1 nitrogen and oxygen atoms in total. The van der Waals surface area contributed by atoms with Gasteiger partial charge in [0.25, 0.3) is 0 Å². The van der Waals surface area contributed by atoms with Crippen LogP contribution in [0.4, 0.5) is 0 Å². The van der Waals surface area contributed by atoms with E-state index < -0.39 is 0 Å². The van der Waals surface area contributed by atoms with Crippen LogP contribution in [0.2, 0.25) is 5.02 Å². The molecule has 88 valence electrons. The number of alkyl halides is 1. The molecule has 0 saturated carbocycles. The summed E-state index contributed by atoms with van der Waals surface area (Å²) in [6.07, 6.45) is 4.30. The van der Waals surface area contributed by atoms with Crippen molar-refractivity contribution in [3.05, 3.63) is 63.3 Å². The number of nitrogens with zero attached hydrogens (tertiary/aromatic N) is 1. The topological polar surface area (TPSA) is 12.9 Å². The van der Waals surface area contributed by atoms with Gasteiger partial charge in [0.1, 0.15) is 0 Å². The first kappa shape index (κ1) is 12.9.